The molecule has 86 valence electrons. The summed E-state index contributed by atoms with van der Waals surface area (Å²) in [7, 11) is 2.11. The van der Waals surface area contributed by atoms with Gasteiger partial charge < -0.3 is 9.80 Å². The summed E-state index contributed by atoms with van der Waals surface area (Å²) in [5.74, 6) is 0. The first-order valence-electron chi connectivity index (χ1n) is 5.24. The summed E-state index contributed by atoms with van der Waals surface area (Å²) in [4.78, 5) is 19.5. The Balaban J connectivity index is 2.28. The van der Waals surface area contributed by atoms with Crippen LogP contribution in [-0.2, 0) is 0 Å². The van der Waals surface area contributed by atoms with Crippen LogP contribution in [0.1, 0.15) is 10.4 Å². The van der Waals surface area contributed by atoms with E-state index in [-0.39, 0.29) is 0 Å². The van der Waals surface area contributed by atoms with Gasteiger partial charge in [0.15, 0.2) is 6.29 Å². The molecule has 1 aromatic heterocycles. The molecule has 1 aromatic rings. The van der Waals surface area contributed by atoms with E-state index >= 15 is 0 Å². The van der Waals surface area contributed by atoms with E-state index in [9.17, 15) is 4.79 Å². The number of carbonyl (C=O) groups is 1. The van der Waals surface area contributed by atoms with Crippen LogP contribution in [0.2, 0.25) is 0 Å². The molecule has 0 atom stereocenters. The van der Waals surface area contributed by atoms with E-state index in [4.69, 9.17) is 0 Å². The smallest absolute Gasteiger partial charge is 0.153 e. The van der Waals surface area contributed by atoms with E-state index in [1.54, 1.807) is 12.4 Å². The molecule has 0 N–H and O–H groups in total. The standard InChI is InChI=1S/C11H14BrN3O/c1-14-2-4-15(5-3-14)11-9(8-16)6-13-7-10(11)12/h6-8H,2-5H2,1H3. The number of nitrogens with zero attached hydrogens (tertiary/aromatic N) is 3. The lowest BCUT2D eigenvalue weighted by Crippen LogP contribution is -2.45. The van der Waals surface area contributed by atoms with Crippen LogP contribution in [0.25, 0.3) is 0 Å². The Bertz CT molecular complexity index is 389. The summed E-state index contributed by atoms with van der Waals surface area (Å²) in [6.45, 7) is 3.93. The molecule has 1 fully saturated rings. The summed E-state index contributed by atoms with van der Waals surface area (Å²) >= 11 is 3.46. The monoisotopic (exact) mass is 283 g/mol. The van der Waals surface area contributed by atoms with Crippen molar-refractivity contribution in [3.63, 3.8) is 0 Å². The SMILES string of the molecule is CN1CCN(c2c(Br)cncc2C=O)CC1. The Morgan fingerprint density at radius 1 is 1.31 bits per heavy atom. The number of pyridine rings is 1. The minimum Gasteiger partial charge on any atom is -0.367 e. The molecule has 1 aliphatic heterocycles. The highest BCUT2D eigenvalue weighted by atomic mass is 79.9. The van der Waals surface area contributed by atoms with Crippen LogP contribution < -0.4 is 4.90 Å². The van der Waals surface area contributed by atoms with Crippen molar-refractivity contribution in [2.45, 2.75) is 0 Å². The summed E-state index contributed by atoms with van der Waals surface area (Å²) < 4.78 is 0.890. The molecular formula is C11H14BrN3O. The molecule has 4 nitrogen and oxygen atoms in total. The largest absolute Gasteiger partial charge is 0.367 e. The van der Waals surface area contributed by atoms with Gasteiger partial charge in [0.25, 0.3) is 0 Å². The maximum absolute atomic E-state index is 11.0. The van der Waals surface area contributed by atoms with E-state index in [0.29, 0.717) is 5.56 Å². The lowest BCUT2D eigenvalue weighted by molar-refractivity contribution is 0.112. The summed E-state index contributed by atoms with van der Waals surface area (Å²) in [5.41, 5.74) is 1.62. The van der Waals surface area contributed by atoms with Crippen molar-refractivity contribution in [2.75, 3.05) is 38.1 Å². The van der Waals surface area contributed by atoms with Crippen molar-refractivity contribution in [1.82, 2.24) is 9.88 Å². The van der Waals surface area contributed by atoms with Gasteiger partial charge in [0.05, 0.1) is 15.7 Å². The van der Waals surface area contributed by atoms with E-state index in [2.05, 4.69) is 37.8 Å². The topological polar surface area (TPSA) is 36.4 Å². The number of aldehydes is 1. The van der Waals surface area contributed by atoms with Crippen LogP contribution in [0.5, 0.6) is 0 Å². The molecule has 5 heteroatoms. The molecule has 0 aromatic carbocycles. The molecule has 0 spiro atoms. The zero-order chi connectivity index (χ0) is 11.5. The van der Waals surface area contributed by atoms with Gasteiger partial charge in [0.1, 0.15) is 0 Å². The van der Waals surface area contributed by atoms with Gasteiger partial charge in [-0.25, -0.2) is 0 Å². The Morgan fingerprint density at radius 2 is 2.00 bits per heavy atom. The predicted molar refractivity (Wildman–Crippen MR) is 67.0 cm³/mol. The number of hydrogen-bond acceptors (Lipinski definition) is 4. The van der Waals surface area contributed by atoms with Crippen molar-refractivity contribution in [1.29, 1.82) is 0 Å². The van der Waals surface area contributed by atoms with Gasteiger partial charge in [-0.1, -0.05) is 0 Å². The second-order valence-corrected chi connectivity index (χ2v) is 4.82. The maximum atomic E-state index is 11.0. The molecule has 0 bridgehead atoms. The van der Waals surface area contributed by atoms with Gasteiger partial charge in [0, 0.05) is 38.6 Å². The van der Waals surface area contributed by atoms with Crippen molar-refractivity contribution in [3.05, 3.63) is 22.4 Å². The molecular weight excluding hydrogens is 270 g/mol. The van der Waals surface area contributed by atoms with E-state index in [0.717, 1.165) is 42.6 Å². The third-order valence-electron chi connectivity index (χ3n) is 2.85. The predicted octanol–water partition coefficient (Wildman–Crippen LogP) is 1.41. The van der Waals surface area contributed by atoms with Crippen molar-refractivity contribution in [2.24, 2.45) is 0 Å². The minimum atomic E-state index is 0.652. The molecule has 0 unspecified atom stereocenters. The summed E-state index contributed by atoms with van der Waals surface area (Å²) in [6, 6.07) is 0. The fourth-order valence-corrected chi connectivity index (χ4v) is 2.49. The van der Waals surface area contributed by atoms with Crippen LogP contribution >= 0.6 is 15.9 Å². The number of anilines is 1. The lowest BCUT2D eigenvalue weighted by Gasteiger charge is -2.35. The molecule has 0 amide bonds. The number of likely N-dealkylation sites (N-methyl/N-ethyl adjacent to an activating group) is 1. The van der Waals surface area contributed by atoms with Gasteiger partial charge in [-0.3, -0.25) is 9.78 Å². The highest BCUT2D eigenvalue weighted by molar-refractivity contribution is 9.10. The van der Waals surface area contributed by atoms with Gasteiger partial charge >= 0.3 is 0 Å². The number of rotatable bonds is 2. The molecule has 2 heterocycles. The molecule has 16 heavy (non-hydrogen) atoms. The van der Waals surface area contributed by atoms with Gasteiger partial charge in [-0.2, -0.15) is 0 Å². The van der Waals surface area contributed by atoms with Gasteiger partial charge in [-0.15, -0.1) is 0 Å². The number of aromatic nitrogens is 1. The molecule has 0 radical (unpaired) electrons. The maximum Gasteiger partial charge on any atom is 0.153 e. The zero-order valence-electron chi connectivity index (χ0n) is 9.19. The first-order chi connectivity index (χ1) is 7.72. The first-order valence-corrected chi connectivity index (χ1v) is 6.04. The molecule has 1 saturated heterocycles. The normalized spacial score (nSPS) is 17.5. The summed E-state index contributed by atoms with van der Waals surface area (Å²) in [6.07, 6.45) is 4.22. The van der Waals surface area contributed by atoms with Crippen LogP contribution in [0.3, 0.4) is 0 Å². The second kappa shape index (κ2) is 4.93. The molecule has 0 aliphatic carbocycles. The first kappa shape index (κ1) is 11.5. The van der Waals surface area contributed by atoms with Gasteiger partial charge in [0.2, 0.25) is 0 Å². The molecule has 0 saturated carbocycles. The average Bonchev–Trinajstić information content (AvgIpc) is 2.30. The highest BCUT2D eigenvalue weighted by Crippen LogP contribution is 2.28. The quantitative estimate of drug-likeness (QED) is 0.769. The van der Waals surface area contributed by atoms with Crippen molar-refractivity contribution < 1.29 is 4.79 Å². The second-order valence-electron chi connectivity index (χ2n) is 3.97. The Kier molecular flexibility index (Phi) is 3.56. The van der Waals surface area contributed by atoms with Crippen LogP contribution in [-0.4, -0.2) is 49.4 Å². The fraction of sp³-hybridized carbons (Fsp3) is 0.455. The Hall–Kier alpha value is -0.940. The highest BCUT2D eigenvalue weighted by Gasteiger charge is 2.19. The number of halogens is 1. The van der Waals surface area contributed by atoms with Crippen LogP contribution in [0.15, 0.2) is 16.9 Å². The fourth-order valence-electron chi connectivity index (χ4n) is 1.89. The molecule has 1 aliphatic rings. The van der Waals surface area contributed by atoms with Gasteiger partial charge in [-0.05, 0) is 23.0 Å². The van der Waals surface area contributed by atoms with E-state index in [1.165, 1.54) is 0 Å². The van der Waals surface area contributed by atoms with E-state index < -0.39 is 0 Å². The zero-order valence-corrected chi connectivity index (χ0v) is 10.8. The lowest BCUT2D eigenvalue weighted by atomic mass is 10.2. The minimum absolute atomic E-state index is 0.652. The van der Waals surface area contributed by atoms with Crippen molar-refractivity contribution in [3.8, 4) is 0 Å². The average molecular weight is 284 g/mol. The van der Waals surface area contributed by atoms with Crippen molar-refractivity contribution >= 4 is 27.9 Å². The summed E-state index contributed by atoms with van der Waals surface area (Å²) in [5, 5.41) is 0. The van der Waals surface area contributed by atoms with E-state index in [1.807, 2.05) is 0 Å². The molecule has 2 rings (SSSR count). The number of carbonyl (C=O) groups excluding carboxylic acids is 1. The van der Waals surface area contributed by atoms with Crippen LogP contribution in [0.4, 0.5) is 5.69 Å². The third kappa shape index (κ3) is 2.25. The number of piperazine rings is 1. The third-order valence-corrected chi connectivity index (χ3v) is 3.43. The number of hydrogen-bond donors (Lipinski definition) is 0. The van der Waals surface area contributed by atoms with Crippen LogP contribution in [0, 0.1) is 0 Å². The Morgan fingerprint density at radius 3 is 2.62 bits per heavy atom. The Labute approximate surface area is 103 Å².